The summed E-state index contributed by atoms with van der Waals surface area (Å²) in [5.74, 6) is 1.80. The molecule has 4 aliphatic rings. The number of esters is 1. The van der Waals surface area contributed by atoms with Gasteiger partial charge in [0.25, 0.3) is 0 Å². The van der Waals surface area contributed by atoms with E-state index in [4.69, 9.17) is 14.2 Å². The minimum absolute atomic E-state index is 0.123. The molecule has 5 rings (SSSR count). The molecule has 2 heterocycles. The van der Waals surface area contributed by atoms with Gasteiger partial charge < -0.3 is 19.1 Å². The molecule has 5 nitrogen and oxygen atoms in total. The van der Waals surface area contributed by atoms with Gasteiger partial charge in [-0.2, -0.15) is 0 Å². The van der Waals surface area contributed by atoms with Crippen LogP contribution in [-0.2, 0) is 21.4 Å². The van der Waals surface area contributed by atoms with Gasteiger partial charge in [0.1, 0.15) is 6.10 Å². The van der Waals surface area contributed by atoms with Crippen LogP contribution in [0, 0.1) is 5.92 Å². The first kappa shape index (κ1) is 16.2. The number of carbonyl (C=O) groups is 1. The lowest BCUT2D eigenvalue weighted by Crippen LogP contribution is -2.65. The summed E-state index contributed by atoms with van der Waals surface area (Å²) in [4.78, 5) is 14.2. The Hall–Kier alpha value is -2.01. The second-order valence-electron chi connectivity index (χ2n) is 7.93. The van der Waals surface area contributed by atoms with Crippen LogP contribution in [-0.4, -0.2) is 49.3 Å². The minimum atomic E-state index is -0.347. The van der Waals surface area contributed by atoms with Crippen molar-refractivity contribution in [3.8, 4) is 11.5 Å². The highest BCUT2D eigenvalue weighted by Crippen LogP contribution is 2.62. The zero-order valence-corrected chi connectivity index (χ0v) is 15.5. The van der Waals surface area contributed by atoms with E-state index in [0.717, 1.165) is 30.9 Å². The topological polar surface area (TPSA) is 48.0 Å². The summed E-state index contributed by atoms with van der Waals surface area (Å²) in [6, 6.07) is 4.70. The van der Waals surface area contributed by atoms with Gasteiger partial charge in [-0.15, -0.1) is 0 Å². The normalized spacial score (nSPS) is 36.3. The first-order valence-electron chi connectivity index (χ1n) is 9.58. The third-order valence-electron chi connectivity index (χ3n) is 6.72. The molecule has 26 heavy (non-hydrogen) atoms. The largest absolute Gasteiger partial charge is 0.490 e. The number of likely N-dealkylation sites (N-methyl/N-ethyl adjacent to an activating group) is 1. The van der Waals surface area contributed by atoms with E-state index in [0.29, 0.717) is 18.6 Å². The fraction of sp³-hybridized carbons (Fsp3) is 0.571. The lowest BCUT2D eigenvalue weighted by molar-refractivity contribution is -0.152. The monoisotopic (exact) mass is 355 g/mol. The number of hydrogen-bond donors (Lipinski definition) is 0. The summed E-state index contributed by atoms with van der Waals surface area (Å²) in [7, 11) is 2.22. The van der Waals surface area contributed by atoms with Crippen molar-refractivity contribution in [2.75, 3.05) is 20.2 Å². The first-order valence-corrected chi connectivity index (χ1v) is 9.58. The molecule has 0 radical (unpaired) electrons. The lowest BCUT2D eigenvalue weighted by atomic mass is 9.53. The molecular formula is C21H25NO4. The maximum Gasteiger partial charge on any atom is 0.303 e. The predicted octanol–water partition coefficient (Wildman–Crippen LogP) is 2.46. The van der Waals surface area contributed by atoms with Crippen LogP contribution in [0.1, 0.15) is 31.4 Å². The molecule has 0 saturated carbocycles. The van der Waals surface area contributed by atoms with Gasteiger partial charge >= 0.3 is 5.97 Å². The number of ether oxygens (including phenoxy) is 3. The van der Waals surface area contributed by atoms with Crippen LogP contribution in [0.2, 0.25) is 0 Å². The van der Waals surface area contributed by atoms with E-state index < -0.39 is 0 Å². The summed E-state index contributed by atoms with van der Waals surface area (Å²) in [6.07, 6.45) is 5.83. The average Bonchev–Trinajstić information content (AvgIpc) is 2.96. The van der Waals surface area contributed by atoms with Crippen LogP contribution in [0.3, 0.4) is 0 Å². The van der Waals surface area contributed by atoms with Gasteiger partial charge in [0.15, 0.2) is 17.6 Å². The fourth-order valence-corrected chi connectivity index (χ4v) is 5.77. The van der Waals surface area contributed by atoms with Crippen molar-refractivity contribution in [2.45, 2.75) is 50.4 Å². The Kier molecular flexibility index (Phi) is 3.42. The highest BCUT2D eigenvalue weighted by atomic mass is 16.6. The van der Waals surface area contributed by atoms with Crippen LogP contribution in [0.25, 0.3) is 0 Å². The molecule has 1 fully saturated rings. The number of piperidine rings is 1. The predicted molar refractivity (Wildman–Crippen MR) is 96.6 cm³/mol. The highest BCUT2D eigenvalue weighted by molar-refractivity contribution is 5.67. The maximum absolute atomic E-state index is 11.7. The smallest absolute Gasteiger partial charge is 0.303 e. The zero-order chi connectivity index (χ0) is 18.1. The van der Waals surface area contributed by atoms with E-state index in [9.17, 15) is 4.79 Å². The third-order valence-corrected chi connectivity index (χ3v) is 6.72. The Bertz CT molecular complexity index is 803. The Morgan fingerprint density at radius 2 is 2.23 bits per heavy atom. The molecule has 2 aliphatic carbocycles. The molecule has 138 valence electrons. The molecule has 5 heteroatoms. The fourth-order valence-electron chi connectivity index (χ4n) is 5.77. The highest BCUT2D eigenvalue weighted by Gasteiger charge is 2.65. The van der Waals surface area contributed by atoms with Crippen LogP contribution in [0.15, 0.2) is 24.3 Å². The molecule has 1 aromatic rings. The summed E-state index contributed by atoms with van der Waals surface area (Å²) >= 11 is 0. The van der Waals surface area contributed by atoms with Crippen molar-refractivity contribution >= 4 is 5.97 Å². The Morgan fingerprint density at radius 1 is 1.38 bits per heavy atom. The molecule has 2 bridgehead atoms. The third kappa shape index (κ3) is 1.92. The number of likely N-dealkylation sites (tertiary alicyclic amines) is 1. The molecule has 0 N–H and O–H groups in total. The van der Waals surface area contributed by atoms with Gasteiger partial charge in [-0.25, -0.2) is 0 Å². The van der Waals surface area contributed by atoms with Gasteiger partial charge in [0.2, 0.25) is 0 Å². The number of nitrogens with zero attached hydrogens (tertiary/aromatic N) is 1. The van der Waals surface area contributed by atoms with Crippen LogP contribution in [0.4, 0.5) is 0 Å². The maximum atomic E-state index is 11.7. The second kappa shape index (κ2) is 5.49. The van der Waals surface area contributed by atoms with Crippen molar-refractivity contribution in [1.29, 1.82) is 0 Å². The van der Waals surface area contributed by atoms with Gasteiger partial charge in [0.05, 0.1) is 6.61 Å². The van der Waals surface area contributed by atoms with Crippen LogP contribution >= 0.6 is 0 Å². The molecular weight excluding hydrogens is 330 g/mol. The van der Waals surface area contributed by atoms with E-state index in [1.54, 1.807) is 0 Å². The van der Waals surface area contributed by atoms with Crippen molar-refractivity contribution < 1.29 is 19.0 Å². The molecule has 1 aromatic carbocycles. The van der Waals surface area contributed by atoms with E-state index in [1.165, 1.54) is 18.1 Å². The van der Waals surface area contributed by atoms with E-state index >= 15 is 0 Å². The summed E-state index contributed by atoms with van der Waals surface area (Å²) < 4.78 is 18.1. The standard InChI is InChI=1S/C21H25NO4/c1-4-24-16-7-5-13-11-15-14-6-8-17(25-12(2)23)20-21(14,9-10-22(15)3)18(13)19(16)26-20/h5-8,14-15,17,20H,4,9-11H2,1-3H3/t14-,15+,17-,20-,21-/m0/s1. The van der Waals surface area contributed by atoms with E-state index in [2.05, 4.69) is 24.1 Å². The summed E-state index contributed by atoms with van der Waals surface area (Å²) in [6.45, 7) is 5.09. The van der Waals surface area contributed by atoms with Crippen molar-refractivity contribution in [3.05, 3.63) is 35.4 Å². The Balaban J connectivity index is 1.72. The number of carbonyl (C=O) groups excluding carboxylic acids is 1. The molecule has 1 saturated heterocycles. The van der Waals surface area contributed by atoms with Gasteiger partial charge in [0, 0.05) is 29.9 Å². The van der Waals surface area contributed by atoms with Crippen molar-refractivity contribution in [2.24, 2.45) is 5.92 Å². The Labute approximate surface area is 153 Å². The van der Waals surface area contributed by atoms with Gasteiger partial charge in [-0.1, -0.05) is 12.1 Å². The number of rotatable bonds is 3. The second-order valence-corrected chi connectivity index (χ2v) is 7.93. The zero-order valence-electron chi connectivity index (χ0n) is 15.5. The molecule has 0 amide bonds. The summed E-state index contributed by atoms with van der Waals surface area (Å²) in [5.41, 5.74) is 2.54. The van der Waals surface area contributed by atoms with Crippen LogP contribution in [0.5, 0.6) is 11.5 Å². The molecule has 0 aromatic heterocycles. The SMILES string of the molecule is CCOc1ccc2c3c1O[C@H]1[C@@H](OC(C)=O)C=C[C@H]4[C@@H](C2)N(C)CC[C@@]341. The molecule has 1 spiro atoms. The number of hydrogen-bond acceptors (Lipinski definition) is 5. The first-order chi connectivity index (χ1) is 12.6. The molecule has 0 unspecified atom stereocenters. The summed E-state index contributed by atoms with van der Waals surface area (Å²) in [5, 5.41) is 0. The van der Waals surface area contributed by atoms with Crippen molar-refractivity contribution in [1.82, 2.24) is 4.90 Å². The molecule has 2 aliphatic heterocycles. The van der Waals surface area contributed by atoms with Crippen LogP contribution < -0.4 is 9.47 Å². The lowest BCUT2D eigenvalue weighted by Gasteiger charge is -2.56. The van der Waals surface area contributed by atoms with E-state index in [-0.39, 0.29) is 23.6 Å². The van der Waals surface area contributed by atoms with E-state index in [1.807, 2.05) is 19.1 Å². The van der Waals surface area contributed by atoms with Gasteiger partial charge in [-0.3, -0.25) is 4.79 Å². The molecule has 5 atom stereocenters. The van der Waals surface area contributed by atoms with Gasteiger partial charge in [-0.05, 0) is 51.1 Å². The quantitative estimate of drug-likeness (QED) is 0.616. The van der Waals surface area contributed by atoms with Crippen molar-refractivity contribution in [3.63, 3.8) is 0 Å². The average molecular weight is 355 g/mol. The number of benzene rings is 1. The minimum Gasteiger partial charge on any atom is -0.490 e. The Morgan fingerprint density at radius 3 is 3.00 bits per heavy atom.